The quantitative estimate of drug-likeness (QED) is 0.574. The summed E-state index contributed by atoms with van der Waals surface area (Å²) in [6.07, 6.45) is 8.96. The first kappa shape index (κ1) is 17.4. The standard InChI is InChI=1S/C21H24BrN3O/c22-18-8-6-7-16-17-15-25(14-10-19(17)23-21(16)18)20(26)9-2-1-3-11-24-12-4-5-13-24/h4-8,12-13,23H,1-3,9-11,14-15H2. The second-order valence-electron chi connectivity index (χ2n) is 7.04. The highest BCUT2D eigenvalue weighted by Gasteiger charge is 2.24. The lowest BCUT2D eigenvalue weighted by atomic mass is 10.0. The Morgan fingerprint density at radius 3 is 2.81 bits per heavy atom. The monoisotopic (exact) mass is 413 g/mol. The molecule has 0 atom stereocenters. The first-order valence-electron chi connectivity index (χ1n) is 9.39. The van der Waals surface area contributed by atoms with Crippen molar-refractivity contribution in [3.05, 3.63) is 58.5 Å². The molecular formula is C21H24BrN3O. The van der Waals surface area contributed by atoms with Crippen LogP contribution in [0.3, 0.4) is 0 Å². The van der Waals surface area contributed by atoms with E-state index in [4.69, 9.17) is 0 Å². The van der Waals surface area contributed by atoms with Gasteiger partial charge in [0.2, 0.25) is 5.91 Å². The highest BCUT2D eigenvalue weighted by molar-refractivity contribution is 9.10. The van der Waals surface area contributed by atoms with E-state index in [1.54, 1.807) is 0 Å². The SMILES string of the molecule is O=C(CCCCCn1cccc1)N1CCc2[nH]c3c(Br)cccc3c2C1. The van der Waals surface area contributed by atoms with E-state index in [2.05, 4.69) is 68.2 Å². The first-order chi connectivity index (χ1) is 12.7. The van der Waals surface area contributed by atoms with Crippen molar-refractivity contribution in [2.75, 3.05) is 6.54 Å². The van der Waals surface area contributed by atoms with E-state index in [9.17, 15) is 4.79 Å². The minimum absolute atomic E-state index is 0.293. The number of aromatic amines is 1. The fourth-order valence-electron chi connectivity index (χ4n) is 3.84. The molecule has 1 aromatic carbocycles. The second kappa shape index (κ2) is 7.70. The molecule has 3 heterocycles. The number of nitrogens with one attached hydrogen (secondary N) is 1. The fraction of sp³-hybridized carbons (Fsp3) is 0.381. The Hall–Kier alpha value is -2.01. The molecule has 1 aliphatic heterocycles. The topological polar surface area (TPSA) is 41.0 Å². The van der Waals surface area contributed by atoms with Crippen molar-refractivity contribution in [1.82, 2.24) is 14.5 Å². The van der Waals surface area contributed by atoms with E-state index in [0.29, 0.717) is 12.3 Å². The molecule has 0 saturated heterocycles. The van der Waals surface area contributed by atoms with Crippen molar-refractivity contribution in [1.29, 1.82) is 0 Å². The summed E-state index contributed by atoms with van der Waals surface area (Å²) in [4.78, 5) is 18.2. The molecule has 0 bridgehead atoms. The van der Waals surface area contributed by atoms with Gasteiger partial charge in [-0.1, -0.05) is 18.6 Å². The van der Waals surface area contributed by atoms with Crippen LogP contribution in [0.1, 0.15) is 36.9 Å². The lowest BCUT2D eigenvalue weighted by Crippen LogP contribution is -2.35. The van der Waals surface area contributed by atoms with E-state index in [1.165, 1.54) is 16.6 Å². The van der Waals surface area contributed by atoms with Gasteiger partial charge in [-0.3, -0.25) is 4.79 Å². The normalized spacial score (nSPS) is 14.0. The van der Waals surface area contributed by atoms with Crippen molar-refractivity contribution in [3.63, 3.8) is 0 Å². The smallest absolute Gasteiger partial charge is 0.222 e. The molecule has 0 radical (unpaired) electrons. The van der Waals surface area contributed by atoms with E-state index in [0.717, 1.165) is 55.3 Å². The number of halogens is 1. The molecule has 136 valence electrons. The minimum atomic E-state index is 0.293. The van der Waals surface area contributed by atoms with Crippen LogP contribution < -0.4 is 0 Å². The Morgan fingerprint density at radius 2 is 1.96 bits per heavy atom. The van der Waals surface area contributed by atoms with Crippen molar-refractivity contribution in [3.8, 4) is 0 Å². The lowest BCUT2D eigenvalue weighted by Gasteiger charge is -2.27. The van der Waals surface area contributed by atoms with Crippen LogP contribution >= 0.6 is 15.9 Å². The van der Waals surface area contributed by atoms with Crippen LogP contribution in [-0.2, 0) is 24.3 Å². The highest BCUT2D eigenvalue weighted by atomic mass is 79.9. The van der Waals surface area contributed by atoms with Gasteiger partial charge in [0, 0.05) is 66.0 Å². The van der Waals surface area contributed by atoms with Gasteiger partial charge in [-0.2, -0.15) is 0 Å². The molecule has 3 aromatic rings. The summed E-state index contributed by atoms with van der Waals surface area (Å²) in [6.45, 7) is 2.59. The van der Waals surface area contributed by atoms with Crippen LogP contribution in [0.4, 0.5) is 0 Å². The molecule has 0 saturated carbocycles. The number of aromatic nitrogens is 2. The van der Waals surface area contributed by atoms with Crippen LogP contribution in [0.25, 0.3) is 10.9 Å². The average Bonchev–Trinajstić information content (AvgIpc) is 3.29. The predicted molar refractivity (Wildman–Crippen MR) is 108 cm³/mol. The summed E-state index contributed by atoms with van der Waals surface area (Å²) in [5.41, 5.74) is 3.72. The molecule has 0 aliphatic carbocycles. The molecule has 5 heteroatoms. The van der Waals surface area contributed by atoms with Gasteiger partial charge >= 0.3 is 0 Å². The molecule has 4 rings (SSSR count). The third-order valence-corrected chi connectivity index (χ3v) is 5.95. The number of benzene rings is 1. The van der Waals surface area contributed by atoms with Gasteiger partial charge in [-0.05, 0) is 47.0 Å². The van der Waals surface area contributed by atoms with E-state index in [1.807, 2.05) is 4.90 Å². The van der Waals surface area contributed by atoms with Crippen molar-refractivity contribution >= 4 is 32.7 Å². The molecule has 1 N–H and O–H groups in total. The second-order valence-corrected chi connectivity index (χ2v) is 7.90. The highest BCUT2D eigenvalue weighted by Crippen LogP contribution is 2.32. The van der Waals surface area contributed by atoms with E-state index >= 15 is 0 Å². The number of carbonyl (C=O) groups is 1. The van der Waals surface area contributed by atoms with Gasteiger partial charge < -0.3 is 14.5 Å². The molecule has 1 aliphatic rings. The maximum Gasteiger partial charge on any atom is 0.222 e. The van der Waals surface area contributed by atoms with Crippen molar-refractivity contribution in [2.45, 2.75) is 45.2 Å². The molecule has 0 fully saturated rings. The molecule has 4 nitrogen and oxygen atoms in total. The summed E-state index contributed by atoms with van der Waals surface area (Å²) in [5, 5.41) is 1.23. The van der Waals surface area contributed by atoms with Crippen molar-refractivity contribution < 1.29 is 4.79 Å². The minimum Gasteiger partial charge on any atom is -0.357 e. The average molecular weight is 414 g/mol. The summed E-state index contributed by atoms with van der Waals surface area (Å²) in [7, 11) is 0. The van der Waals surface area contributed by atoms with Crippen LogP contribution in [0.2, 0.25) is 0 Å². The number of aryl methyl sites for hydroxylation is 1. The number of rotatable bonds is 6. The maximum absolute atomic E-state index is 12.6. The fourth-order valence-corrected chi connectivity index (χ4v) is 4.31. The Labute approximate surface area is 162 Å². The number of amides is 1. The van der Waals surface area contributed by atoms with Crippen molar-refractivity contribution in [2.24, 2.45) is 0 Å². The molecule has 26 heavy (non-hydrogen) atoms. The number of H-pyrrole nitrogens is 1. The number of nitrogens with zero attached hydrogens (tertiary/aromatic N) is 2. The molecule has 1 amide bonds. The first-order valence-corrected chi connectivity index (χ1v) is 10.2. The van der Waals surface area contributed by atoms with Gasteiger partial charge in [0.1, 0.15) is 0 Å². The van der Waals surface area contributed by atoms with Crippen LogP contribution in [-0.4, -0.2) is 26.9 Å². The zero-order chi connectivity index (χ0) is 17.9. The molecular weight excluding hydrogens is 390 g/mol. The van der Waals surface area contributed by atoms with Gasteiger partial charge in [0.25, 0.3) is 0 Å². The third kappa shape index (κ3) is 3.58. The van der Waals surface area contributed by atoms with E-state index in [-0.39, 0.29) is 0 Å². The zero-order valence-electron chi connectivity index (χ0n) is 14.9. The number of unbranched alkanes of at least 4 members (excludes halogenated alkanes) is 2. The zero-order valence-corrected chi connectivity index (χ0v) is 16.5. The molecule has 2 aromatic heterocycles. The number of para-hydroxylation sites is 1. The Bertz CT molecular complexity index is 898. The van der Waals surface area contributed by atoms with Crippen LogP contribution in [0.5, 0.6) is 0 Å². The number of hydrogen-bond acceptors (Lipinski definition) is 1. The van der Waals surface area contributed by atoms with Gasteiger partial charge in [0.15, 0.2) is 0 Å². The van der Waals surface area contributed by atoms with Gasteiger partial charge in [0.05, 0.1) is 5.52 Å². The van der Waals surface area contributed by atoms with E-state index < -0.39 is 0 Å². The summed E-state index contributed by atoms with van der Waals surface area (Å²) in [6, 6.07) is 10.4. The van der Waals surface area contributed by atoms with Gasteiger partial charge in [-0.15, -0.1) is 0 Å². The third-order valence-electron chi connectivity index (χ3n) is 5.29. The van der Waals surface area contributed by atoms with Crippen LogP contribution in [0.15, 0.2) is 47.2 Å². The summed E-state index contributed by atoms with van der Waals surface area (Å²) >= 11 is 3.62. The molecule has 0 unspecified atom stereocenters. The Kier molecular flexibility index (Phi) is 5.16. The van der Waals surface area contributed by atoms with Crippen LogP contribution in [0, 0.1) is 0 Å². The predicted octanol–water partition coefficient (Wildman–Crippen LogP) is 4.88. The number of hydrogen-bond donors (Lipinski definition) is 1. The Morgan fingerprint density at radius 1 is 1.12 bits per heavy atom. The summed E-state index contributed by atoms with van der Waals surface area (Å²) in [5.74, 6) is 0.293. The Balaban J connectivity index is 1.31. The lowest BCUT2D eigenvalue weighted by molar-refractivity contribution is -0.132. The van der Waals surface area contributed by atoms with Gasteiger partial charge in [-0.25, -0.2) is 0 Å². The largest absolute Gasteiger partial charge is 0.357 e. The maximum atomic E-state index is 12.6. The number of fused-ring (bicyclic) bond motifs is 3. The summed E-state index contributed by atoms with van der Waals surface area (Å²) < 4.78 is 3.29. The molecule has 0 spiro atoms. The number of carbonyl (C=O) groups excluding carboxylic acids is 1.